The molecule has 0 atom stereocenters. The number of aryl methyl sites for hydroxylation is 1. The summed E-state index contributed by atoms with van der Waals surface area (Å²) in [5.74, 6) is -0.334. The maximum Gasteiger partial charge on any atom is 0.273 e. The first-order valence-corrected chi connectivity index (χ1v) is 8.10. The Morgan fingerprint density at radius 3 is 2.48 bits per heavy atom. The molecule has 6 heteroatoms. The zero-order valence-corrected chi connectivity index (χ0v) is 14.8. The van der Waals surface area contributed by atoms with Crippen LogP contribution in [0.2, 0.25) is 0 Å². The van der Waals surface area contributed by atoms with Crippen LogP contribution in [-0.2, 0) is 0 Å². The van der Waals surface area contributed by atoms with E-state index < -0.39 is 11.3 Å². The number of phenols is 1. The Morgan fingerprint density at radius 2 is 1.85 bits per heavy atom. The molecule has 2 aromatic carbocycles. The molecule has 1 N–H and O–H groups in total. The van der Waals surface area contributed by atoms with Crippen LogP contribution in [0.4, 0.5) is 0 Å². The number of pyridine rings is 1. The first-order valence-electron chi connectivity index (χ1n) is 8.10. The summed E-state index contributed by atoms with van der Waals surface area (Å²) >= 11 is 0. The molecule has 0 saturated heterocycles. The Morgan fingerprint density at radius 1 is 1.15 bits per heavy atom. The number of nitriles is 1. The van der Waals surface area contributed by atoms with E-state index in [9.17, 15) is 20.0 Å². The van der Waals surface area contributed by atoms with Crippen molar-refractivity contribution in [2.45, 2.75) is 6.92 Å². The van der Waals surface area contributed by atoms with Gasteiger partial charge in [0.25, 0.3) is 5.56 Å². The Bertz CT molecular complexity index is 1120. The highest BCUT2D eigenvalue weighted by atomic mass is 16.5. The molecule has 0 amide bonds. The monoisotopic (exact) mass is 360 g/mol. The van der Waals surface area contributed by atoms with Gasteiger partial charge in [-0.15, -0.1) is 0 Å². The number of hydrogen-bond acceptors (Lipinski definition) is 5. The maximum atomic E-state index is 12.9. The van der Waals surface area contributed by atoms with Crippen molar-refractivity contribution in [1.82, 2.24) is 4.57 Å². The van der Waals surface area contributed by atoms with Crippen molar-refractivity contribution in [3.05, 3.63) is 87.3 Å². The predicted octanol–water partition coefficient (Wildman–Crippen LogP) is 2.96. The summed E-state index contributed by atoms with van der Waals surface area (Å²) in [6.07, 6.45) is 1.37. The number of ether oxygens (including phenoxy) is 1. The lowest BCUT2D eigenvalue weighted by Gasteiger charge is -2.11. The van der Waals surface area contributed by atoms with Gasteiger partial charge in [-0.3, -0.25) is 14.2 Å². The van der Waals surface area contributed by atoms with Crippen LogP contribution in [0.25, 0.3) is 5.69 Å². The SMILES string of the molecule is COc1ccc(O)c(C(=O)c2cc(C#N)c(=O)n(-c3ccc(C)cc3)c2)c1. The molecule has 0 spiro atoms. The van der Waals surface area contributed by atoms with Gasteiger partial charge in [-0.1, -0.05) is 17.7 Å². The Balaban J connectivity index is 2.18. The van der Waals surface area contributed by atoms with Gasteiger partial charge in [0.2, 0.25) is 0 Å². The first kappa shape index (κ1) is 18.0. The van der Waals surface area contributed by atoms with E-state index >= 15 is 0 Å². The van der Waals surface area contributed by atoms with Gasteiger partial charge >= 0.3 is 0 Å². The minimum absolute atomic E-state index is 0.0207. The predicted molar refractivity (Wildman–Crippen MR) is 99.6 cm³/mol. The molecule has 0 bridgehead atoms. The zero-order valence-electron chi connectivity index (χ0n) is 14.8. The molecule has 6 nitrogen and oxygen atoms in total. The highest BCUT2D eigenvalue weighted by Crippen LogP contribution is 2.25. The number of carbonyl (C=O) groups excluding carboxylic acids is 1. The van der Waals surface area contributed by atoms with Crippen LogP contribution in [0.5, 0.6) is 11.5 Å². The number of nitrogens with zero attached hydrogens (tertiary/aromatic N) is 2. The minimum Gasteiger partial charge on any atom is -0.507 e. The average Bonchev–Trinajstić information content (AvgIpc) is 2.69. The van der Waals surface area contributed by atoms with E-state index in [0.717, 1.165) is 5.56 Å². The number of aromatic nitrogens is 1. The molecule has 0 aliphatic carbocycles. The zero-order chi connectivity index (χ0) is 19.6. The van der Waals surface area contributed by atoms with Crippen molar-refractivity contribution in [2.24, 2.45) is 0 Å². The Labute approximate surface area is 155 Å². The van der Waals surface area contributed by atoms with E-state index in [4.69, 9.17) is 4.74 Å². The van der Waals surface area contributed by atoms with Crippen LogP contribution in [0.15, 0.2) is 59.5 Å². The molecule has 0 aliphatic rings. The van der Waals surface area contributed by atoms with E-state index in [1.165, 1.54) is 42.1 Å². The van der Waals surface area contributed by atoms with Gasteiger partial charge in [-0.2, -0.15) is 5.26 Å². The van der Waals surface area contributed by atoms with Gasteiger partial charge in [0.1, 0.15) is 23.1 Å². The Kier molecular flexibility index (Phi) is 4.77. The van der Waals surface area contributed by atoms with E-state index in [1.807, 2.05) is 25.1 Å². The highest BCUT2D eigenvalue weighted by molar-refractivity contribution is 6.10. The maximum absolute atomic E-state index is 12.9. The van der Waals surface area contributed by atoms with Gasteiger partial charge in [-0.05, 0) is 43.3 Å². The van der Waals surface area contributed by atoms with E-state index in [0.29, 0.717) is 11.4 Å². The number of hydrogen-bond donors (Lipinski definition) is 1. The second-order valence-electron chi connectivity index (χ2n) is 5.98. The normalized spacial score (nSPS) is 10.3. The van der Waals surface area contributed by atoms with Crippen molar-refractivity contribution in [1.29, 1.82) is 5.26 Å². The van der Waals surface area contributed by atoms with Crippen LogP contribution in [0.1, 0.15) is 27.0 Å². The van der Waals surface area contributed by atoms with Gasteiger partial charge in [0, 0.05) is 17.4 Å². The molecule has 0 fully saturated rings. The summed E-state index contributed by atoms with van der Waals surface area (Å²) in [6.45, 7) is 1.92. The second kappa shape index (κ2) is 7.18. The van der Waals surface area contributed by atoms with Crippen molar-refractivity contribution in [3.63, 3.8) is 0 Å². The number of benzene rings is 2. The van der Waals surface area contributed by atoms with Crippen molar-refractivity contribution >= 4 is 5.78 Å². The van der Waals surface area contributed by atoms with E-state index in [-0.39, 0.29) is 22.4 Å². The van der Waals surface area contributed by atoms with Crippen molar-refractivity contribution in [3.8, 4) is 23.3 Å². The molecule has 3 rings (SSSR count). The fourth-order valence-corrected chi connectivity index (χ4v) is 2.66. The van der Waals surface area contributed by atoms with Gasteiger partial charge < -0.3 is 9.84 Å². The first-order chi connectivity index (χ1) is 12.9. The van der Waals surface area contributed by atoms with Crippen LogP contribution in [0, 0.1) is 18.3 Å². The molecular formula is C21H16N2O4. The molecule has 0 aliphatic heterocycles. The van der Waals surface area contributed by atoms with Crippen LogP contribution >= 0.6 is 0 Å². The largest absolute Gasteiger partial charge is 0.507 e. The van der Waals surface area contributed by atoms with Gasteiger partial charge in [-0.25, -0.2) is 0 Å². The average molecular weight is 360 g/mol. The molecule has 0 saturated carbocycles. The van der Waals surface area contributed by atoms with Crippen LogP contribution < -0.4 is 10.3 Å². The van der Waals surface area contributed by atoms with Crippen LogP contribution in [0.3, 0.4) is 0 Å². The minimum atomic E-state index is -0.524. The molecule has 1 aromatic heterocycles. The molecule has 0 unspecified atom stereocenters. The molecule has 0 radical (unpaired) electrons. The second-order valence-corrected chi connectivity index (χ2v) is 5.98. The molecular weight excluding hydrogens is 344 g/mol. The lowest BCUT2D eigenvalue weighted by molar-refractivity contribution is 0.103. The Hall–Kier alpha value is -3.85. The summed E-state index contributed by atoms with van der Waals surface area (Å²) in [4.78, 5) is 25.4. The number of phenolic OH excluding ortho intramolecular Hbond substituents is 1. The van der Waals surface area contributed by atoms with Gasteiger partial charge in [0.05, 0.1) is 12.7 Å². The quantitative estimate of drug-likeness (QED) is 0.722. The lowest BCUT2D eigenvalue weighted by Crippen LogP contribution is -2.22. The smallest absolute Gasteiger partial charge is 0.273 e. The third kappa shape index (κ3) is 3.44. The number of rotatable bonds is 4. The van der Waals surface area contributed by atoms with Crippen molar-refractivity contribution < 1.29 is 14.6 Å². The summed E-state index contributed by atoms with van der Waals surface area (Å²) < 4.78 is 6.35. The fourth-order valence-electron chi connectivity index (χ4n) is 2.66. The third-order valence-electron chi connectivity index (χ3n) is 4.16. The summed E-state index contributed by atoms with van der Waals surface area (Å²) in [6, 6.07) is 14.5. The molecule has 3 aromatic rings. The highest BCUT2D eigenvalue weighted by Gasteiger charge is 2.18. The number of carbonyl (C=O) groups is 1. The summed E-state index contributed by atoms with van der Waals surface area (Å²) in [5, 5.41) is 19.4. The topological polar surface area (TPSA) is 92.3 Å². The third-order valence-corrected chi connectivity index (χ3v) is 4.16. The van der Waals surface area contributed by atoms with Crippen LogP contribution in [-0.4, -0.2) is 22.6 Å². The van der Waals surface area contributed by atoms with E-state index in [1.54, 1.807) is 12.1 Å². The molecule has 27 heavy (non-hydrogen) atoms. The lowest BCUT2D eigenvalue weighted by atomic mass is 10.0. The number of methoxy groups -OCH3 is 1. The molecule has 134 valence electrons. The van der Waals surface area contributed by atoms with Crippen molar-refractivity contribution in [2.75, 3.05) is 7.11 Å². The summed E-state index contributed by atoms with van der Waals surface area (Å²) in [7, 11) is 1.45. The fraction of sp³-hybridized carbons (Fsp3) is 0.0952. The standard InChI is InChI=1S/C21H16N2O4/c1-13-3-5-16(6-4-13)23-12-15(9-14(11-22)21(23)26)20(25)18-10-17(27-2)7-8-19(18)24/h3-10,12,24H,1-2H3. The summed E-state index contributed by atoms with van der Waals surface area (Å²) in [5.41, 5.74) is 0.992. The number of ketones is 1. The van der Waals surface area contributed by atoms with Gasteiger partial charge in [0.15, 0.2) is 5.78 Å². The molecule has 1 heterocycles. The van der Waals surface area contributed by atoms with E-state index in [2.05, 4.69) is 0 Å². The number of aromatic hydroxyl groups is 1.